The van der Waals surface area contributed by atoms with Crippen LogP contribution in [0.15, 0.2) is 89.1 Å². The number of piperidine rings is 1. The lowest BCUT2D eigenvalue weighted by Gasteiger charge is -2.42. The normalized spacial score (nSPS) is 19.2. The minimum Gasteiger partial charge on any atom is -0.490 e. The lowest BCUT2D eigenvalue weighted by Crippen LogP contribution is -2.48. The van der Waals surface area contributed by atoms with E-state index in [2.05, 4.69) is 11.9 Å². The minimum absolute atomic E-state index is 0.00621. The molecule has 1 fully saturated rings. The van der Waals surface area contributed by atoms with E-state index in [4.69, 9.17) is 4.74 Å². The Morgan fingerprint density at radius 2 is 1.78 bits per heavy atom. The Kier molecular flexibility index (Phi) is 6.51. The molecule has 2 aliphatic rings. The molecule has 2 aromatic carbocycles. The Morgan fingerprint density at radius 1 is 1.03 bits per heavy atom. The van der Waals surface area contributed by atoms with Crippen LogP contribution in [0.25, 0.3) is 0 Å². The zero-order valence-electron chi connectivity index (χ0n) is 19.7. The van der Waals surface area contributed by atoms with Gasteiger partial charge in [0, 0.05) is 48.6 Å². The molecule has 0 aliphatic carbocycles. The molecule has 2 aliphatic heterocycles. The highest BCUT2D eigenvalue weighted by Crippen LogP contribution is 2.37. The van der Waals surface area contributed by atoms with Gasteiger partial charge in [0.2, 0.25) is 10.0 Å². The first-order valence-corrected chi connectivity index (χ1v) is 13.2. The topological polar surface area (TPSA) is 97.7 Å². The molecule has 3 heterocycles. The molecule has 1 amide bonds. The first-order chi connectivity index (χ1) is 17.3. The van der Waals surface area contributed by atoms with Crippen molar-refractivity contribution in [1.82, 2.24) is 8.87 Å². The number of ether oxygens (including phenoxy) is 1. The number of pyridine rings is 1. The van der Waals surface area contributed by atoms with Crippen molar-refractivity contribution in [2.75, 3.05) is 25.0 Å². The number of hydrogen-bond donors (Lipinski definition) is 1. The van der Waals surface area contributed by atoms with E-state index in [9.17, 15) is 18.0 Å². The van der Waals surface area contributed by atoms with Gasteiger partial charge >= 0.3 is 0 Å². The van der Waals surface area contributed by atoms with Crippen LogP contribution in [-0.4, -0.2) is 42.9 Å². The van der Waals surface area contributed by atoms with Crippen LogP contribution in [0.4, 0.5) is 5.69 Å². The highest BCUT2D eigenvalue weighted by molar-refractivity contribution is 7.89. The smallest absolute Gasteiger partial charge is 0.255 e. The number of rotatable bonds is 7. The molecule has 3 aromatic rings. The van der Waals surface area contributed by atoms with Gasteiger partial charge in [-0.1, -0.05) is 18.7 Å². The quantitative estimate of drug-likeness (QED) is 0.496. The fraction of sp³-hybridized carbons (Fsp3) is 0.259. The lowest BCUT2D eigenvalue weighted by molar-refractivity contribution is 0.102. The highest BCUT2D eigenvalue weighted by atomic mass is 32.2. The van der Waals surface area contributed by atoms with Crippen molar-refractivity contribution in [2.24, 2.45) is 5.92 Å². The second-order valence-corrected chi connectivity index (χ2v) is 11.1. The molecule has 0 spiro atoms. The number of carbonyl (C=O) groups excluding carboxylic acids is 1. The molecule has 1 saturated heterocycles. The number of nitrogens with one attached hydrogen (secondary N) is 1. The van der Waals surface area contributed by atoms with Gasteiger partial charge in [0.05, 0.1) is 4.90 Å². The second-order valence-electron chi connectivity index (χ2n) is 9.12. The van der Waals surface area contributed by atoms with Gasteiger partial charge in [-0.15, -0.1) is 0 Å². The van der Waals surface area contributed by atoms with Crippen LogP contribution in [0.3, 0.4) is 0 Å². The SMILES string of the molecule is C=CCOc1ccc(C(=O)Nc2ccc(S(=O)(=O)N3C[C@@H]4C[C@H](C3)c3cccc(=O)n3C4)cc2)cc1. The maximum atomic E-state index is 13.4. The van der Waals surface area contributed by atoms with Crippen molar-refractivity contribution < 1.29 is 17.9 Å². The van der Waals surface area contributed by atoms with Gasteiger partial charge in [-0.25, -0.2) is 8.42 Å². The Labute approximate surface area is 209 Å². The zero-order chi connectivity index (χ0) is 25.3. The molecule has 2 bridgehead atoms. The lowest BCUT2D eigenvalue weighted by atomic mass is 9.84. The predicted octanol–water partition coefficient (Wildman–Crippen LogP) is 3.47. The molecule has 186 valence electrons. The van der Waals surface area contributed by atoms with E-state index in [0.717, 1.165) is 12.1 Å². The number of hydrogen-bond acceptors (Lipinski definition) is 5. The predicted molar refractivity (Wildman–Crippen MR) is 137 cm³/mol. The number of sulfonamides is 1. The fourth-order valence-corrected chi connectivity index (χ4v) is 6.53. The van der Waals surface area contributed by atoms with Crippen molar-refractivity contribution >= 4 is 21.6 Å². The van der Waals surface area contributed by atoms with E-state index in [-0.39, 0.29) is 28.2 Å². The number of carbonyl (C=O) groups is 1. The van der Waals surface area contributed by atoms with Crippen molar-refractivity contribution in [3.63, 3.8) is 0 Å². The van der Waals surface area contributed by atoms with E-state index < -0.39 is 10.0 Å². The average Bonchev–Trinajstić information content (AvgIpc) is 2.88. The summed E-state index contributed by atoms with van der Waals surface area (Å²) in [5.74, 6) is 0.420. The van der Waals surface area contributed by atoms with Crippen LogP contribution in [0.1, 0.15) is 28.4 Å². The maximum Gasteiger partial charge on any atom is 0.255 e. The Hall–Kier alpha value is -3.69. The van der Waals surface area contributed by atoms with E-state index in [1.54, 1.807) is 59.2 Å². The first kappa shape index (κ1) is 24.0. The third-order valence-corrected chi connectivity index (χ3v) is 8.53. The number of nitrogens with zero attached hydrogens (tertiary/aromatic N) is 2. The van der Waals surface area contributed by atoms with Gasteiger partial charge in [-0.2, -0.15) is 4.31 Å². The maximum absolute atomic E-state index is 13.4. The Bertz CT molecular complexity index is 1450. The fourth-order valence-electron chi connectivity index (χ4n) is 4.97. The van der Waals surface area contributed by atoms with Crippen molar-refractivity contribution in [3.8, 4) is 5.75 Å². The molecule has 0 saturated carbocycles. The molecular formula is C27H27N3O5S. The highest BCUT2D eigenvalue weighted by Gasteiger charge is 2.39. The van der Waals surface area contributed by atoms with Crippen LogP contribution in [0.5, 0.6) is 5.75 Å². The molecule has 2 atom stereocenters. The minimum atomic E-state index is -3.71. The van der Waals surface area contributed by atoms with Gasteiger partial charge in [-0.05, 0) is 66.9 Å². The summed E-state index contributed by atoms with van der Waals surface area (Å²) in [5, 5.41) is 2.79. The summed E-state index contributed by atoms with van der Waals surface area (Å²) in [5.41, 5.74) is 1.82. The average molecular weight is 506 g/mol. The van der Waals surface area contributed by atoms with E-state index in [0.29, 0.717) is 43.2 Å². The summed E-state index contributed by atoms with van der Waals surface area (Å²) < 4.78 is 35.6. The molecule has 1 N–H and O–H groups in total. The summed E-state index contributed by atoms with van der Waals surface area (Å²) in [4.78, 5) is 25.0. The number of aromatic nitrogens is 1. The molecule has 1 aromatic heterocycles. The molecule has 36 heavy (non-hydrogen) atoms. The summed E-state index contributed by atoms with van der Waals surface area (Å²) in [7, 11) is -3.71. The van der Waals surface area contributed by atoms with Crippen LogP contribution in [0.2, 0.25) is 0 Å². The largest absolute Gasteiger partial charge is 0.490 e. The van der Waals surface area contributed by atoms with Gasteiger partial charge in [0.25, 0.3) is 11.5 Å². The Balaban J connectivity index is 1.27. The summed E-state index contributed by atoms with van der Waals surface area (Å²) in [6.07, 6.45) is 2.52. The van der Waals surface area contributed by atoms with Crippen molar-refractivity contribution in [1.29, 1.82) is 0 Å². The third kappa shape index (κ3) is 4.72. The van der Waals surface area contributed by atoms with Crippen LogP contribution < -0.4 is 15.6 Å². The monoisotopic (exact) mass is 505 g/mol. The zero-order valence-corrected chi connectivity index (χ0v) is 20.5. The van der Waals surface area contributed by atoms with E-state index in [1.807, 2.05) is 6.07 Å². The molecule has 5 rings (SSSR count). The summed E-state index contributed by atoms with van der Waals surface area (Å²) in [6, 6.07) is 18.1. The molecule has 0 radical (unpaired) electrons. The van der Waals surface area contributed by atoms with Crippen molar-refractivity contribution in [3.05, 3.63) is 101 Å². The van der Waals surface area contributed by atoms with Crippen LogP contribution in [0, 0.1) is 5.92 Å². The molecular weight excluding hydrogens is 478 g/mol. The first-order valence-electron chi connectivity index (χ1n) is 11.8. The third-order valence-electron chi connectivity index (χ3n) is 6.68. The van der Waals surface area contributed by atoms with Gasteiger partial charge in [0.1, 0.15) is 12.4 Å². The number of anilines is 1. The van der Waals surface area contributed by atoms with Crippen LogP contribution >= 0.6 is 0 Å². The Morgan fingerprint density at radius 3 is 2.50 bits per heavy atom. The van der Waals surface area contributed by atoms with Crippen LogP contribution in [-0.2, 0) is 16.6 Å². The number of amides is 1. The standard InChI is InChI=1S/C27H27N3O5S/c1-2-14-35-23-10-6-20(7-11-23)27(32)28-22-8-12-24(13-9-22)36(33,34)29-16-19-15-21(18-29)25-4-3-5-26(31)30(25)17-19/h2-13,19,21H,1,14-18H2,(H,28,32)/t19-,21+/m0/s1. The molecule has 8 nitrogen and oxygen atoms in total. The molecule has 0 unspecified atom stereocenters. The summed E-state index contributed by atoms with van der Waals surface area (Å²) in [6.45, 7) is 5.23. The molecule has 9 heteroatoms. The second kappa shape index (κ2) is 9.75. The number of fused-ring (bicyclic) bond motifs is 4. The summed E-state index contributed by atoms with van der Waals surface area (Å²) >= 11 is 0. The van der Waals surface area contributed by atoms with Gasteiger partial charge < -0.3 is 14.6 Å². The van der Waals surface area contributed by atoms with Gasteiger partial charge in [-0.3, -0.25) is 9.59 Å². The number of benzene rings is 2. The van der Waals surface area contributed by atoms with Gasteiger partial charge in [0.15, 0.2) is 0 Å². The van der Waals surface area contributed by atoms with E-state index in [1.165, 1.54) is 16.4 Å². The van der Waals surface area contributed by atoms with E-state index >= 15 is 0 Å². The van der Waals surface area contributed by atoms with Crippen molar-refractivity contribution in [2.45, 2.75) is 23.8 Å².